The Balaban J connectivity index is 2.57. The Labute approximate surface area is 138 Å². The third-order valence-electron chi connectivity index (χ3n) is 3.53. The first-order chi connectivity index (χ1) is 10.8. The van der Waals surface area contributed by atoms with E-state index in [0.29, 0.717) is 12.3 Å². The van der Waals surface area contributed by atoms with Gasteiger partial charge in [-0.1, -0.05) is 6.92 Å². The summed E-state index contributed by atoms with van der Waals surface area (Å²) in [6, 6.07) is 6.75. The third kappa shape index (κ3) is 6.59. The van der Waals surface area contributed by atoms with Crippen LogP contribution in [0.25, 0.3) is 0 Å². The lowest BCUT2D eigenvalue weighted by Gasteiger charge is -2.27. The van der Waals surface area contributed by atoms with Crippen molar-refractivity contribution in [2.45, 2.75) is 52.6 Å². The number of ether oxygens (including phenoxy) is 1. The maximum atomic E-state index is 12.2. The minimum Gasteiger partial charge on any atom is -0.450 e. The van der Waals surface area contributed by atoms with Crippen molar-refractivity contribution in [1.82, 2.24) is 5.32 Å². The van der Waals surface area contributed by atoms with Crippen LogP contribution in [0.1, 0.15) is 41.0 Å². The van der Waals surface area contributed by atoms with E-state index in [9.17, 15) is 9.59 Å². The van der Waals surface area contributed by atoms with Crippen LogP contribution in [0.5, 0.6) is 0 Å². The van der Waals surface area contributed by atoms with Crippen molar-refractivity contribution < 1.29 is 14.3 Å². The minimum absolute atomic E-state index is 0.0504. The first kappa shape index (κ1) is 18.8. The molecule has 3 N–H and O–H groups in total. The first-order valence-electron chi connectivity index (χ1n) is 7.89. The molecule has 0 unspecified atom stereocenters. The van der Waals surface area contributed by atoms with Crippen molar-refractivity contribution in [3.05, 3.63) is 24.3 Å². The SMILES string of the molecule is CCOC(=O)Nc1ccc(N[C@@H](C)C(=O)NC(C)(C)CC)cc1. The van der Waals surface area contributed by atoms with Crippen LogP contribution in [-0.4, -0.2) is 30.2 Å². The van der Waals surface area contributed by atoms with Gasteiger partial charge in [0.05, 0.1) is 6.61 Å². The van der Waals surface area contributed by atoms with E-state index in [1.165, 1.54) is 0 Å². The molecule has 0 saturated heterocycles. The molecule has 0 radical (unpaired) electrons. The zero-order valence-corrected chi connectivity index (χ0v) is 14.5. The molecule has 0 aliphatic rings. The van der Waals surface area contributed by atoms with Gasteiger partial charge in [-0.25, -0.2) is 4.79 Å². The molecule has 0 heterocycles. The number of hydrogen-bond acceptors (Lipinski definition) is 4. The predicted molar refractivity (Wildman–Crippen MR) is 92.7 cm³/mol. The van der Waals surface area contributed by atoms with Crippen LogP contribution in [0, 0.1) is 0 Å². The monoisotopic (exact) mass is 321 g/mol. The second kappa shape index (κ2) is 8.41. The van der Waals surface area contributed by atoms with Gasteiger partial charge in [-0.2, -0.15) is 0 Å². The van der Waals surface area contributed by atoms with Crippen LogP contribution in [0.3, 0.4) is 0 Å². The molecular formula is C17H27N3O3. The molecule has 0 saturated carbocycles. The van der Waals surface area contributed by atoms with Gasteiger partial charge in [-0.3, -0.25) is 10.1 Å². The first-order valence-corrected chi connectivity index (χ1v) is 7.89. The lowest BCUT2D eigenvalue weighted by molar-refractivity contribution is -0.123. The molecule has 0 aliphatic carbocycles. The second-order valence-corrected chi connectivity index (χ2v) is 6.02. The van der Waals surface area contributed by atoms with E-state index in [0.717, 1.165) is 12.1 Å². The summed E-state index contributed by atoms with van der Waals surface area (Å²) in [6.07, 6.45) is 0.377. The fraction of sp³-hybridized carbons (Fsp3) is 0.529. The zero-order valence-electron chi connectivity index (χ0n) is 14.5. The number of carbonyl (C=O) groups excluding carboxylic acids is 2. The van der Waals surface area contributed by atoms with Gasteiger partial charge < -0.3 is 15.4 Å². The summed E-state index contributed by atoms with van der Waals surface area (Å²) in [4.78, 5) is 23.5. The molecule has 6 nitrogen and oxygen atoms in total. The van der Waals surface area contributed by atoms with Gasteiger partial charge in [-0.05, 0) is 58.4 Å². The van der Waals surface area contributed by atoms with Gasteiger partial charge in [0, 0.05) is 16.9 Å². The standard InChI is InChI=1S/C17H27N3O3/c1-6-17(4,5)20-15(21)12(3)18-13-8-10-14(11-9-13)19-16(22)23-7-2/h8-12,18H,6-7H2,1-5H3,(H,19,22)(H,20,21)/t12-/m0/s1. The van der Waals surface area contributed by atoms with Crippen LogP contribution in [0.2, 0.25) is 0 Å². The molecule has 1 atom stereocenters. The maximum absolute atomic E-state index is 12.2. The summed E-state index contributed by atoms with van der Waals surface area (Å²) in [7, 11) is 0. The van der Waals surface area contributed by atoms with E-state index in [1.807, 2.05) is 27.7 Å². The van der Waals surface area contributed by atoms with E-state index in [4.69, 9.17) is 4.74 Å². The molecule has 0 aromatic heterocycles. The second-order valence-electron chi connectivity index (χ2n) is 6.02. The van der Waals surface area contributed by atoms with Crippen LogP contribution in [0.4, 0.5) is 16.2 Å². The van der Waals surface area contributed by atoms with Crippen LogP contribution in [0.15, 0.2) is 24.3 Å². The molecule has 0 bridgehead atoms. The highest BCUT2D eigenvalue weighted by Crippen LogP contribution is 2.15. The lowest BCUT2D eigenvalue weighted by atomic mass is 10.0. The van der Waals surface area contributed by atoms with Crippen molar-refractivity contribution in [2.24, 2.45) is 0 Å². The molecule has 23 heavy (non-hydrogen) atoms. The summed E-state index contributed by atoms with van der Waals surface area (Å²) < 4.78 is 4.81. The van der Waals surface area contributed by atoms with Crippen molar-refractivity contribution in [2.75, 3.05) is 17.2 Å². The normalized spacial score (nSPS) is 12.2. The van der Waals surface area contributed by atoms with Crippen molar-refractivity contribution in [3.63, 3.8) is 0 Å². The highest BCUT2D eigenvalue weighted by molar-refractivity contribution is 5.86. The molecular weight excluding hydrogens is 294 g/mol. The zero-order chi connectivity index (χ0) is 17.5. The average Bonchev–Trinajstić information content (AvgIpc) is 2.49. The lowest BCUT2D eigenvalue weighted by Crippen LogP contribution is -2.48. The van der Waals surface area contributed by atoms with Crippen molar-refractivity contribution >= 4 is 23.4 Å². The topological polar surface area (TPSA) is 79.5 Å². The minimum atomic E-state index is -0.484. The fourth-order valence-corrected chi connectivity index (χ4v) is 1.78. The van der Waals surface area contributed by atoms with Crippen LogP contribution >= 0.6 is 0 Å². The van der Waals surface area contributed by atoms with Gasteiger partial charge >= 0.3 is 6.09 Å². The fourth-order valence-electron chi connectivity index (χ4n) is 1.78. The van der Waals surface area contributed by atoms with E-state index in [1.54, 1.807) is 31.2 Å². The van der Waals surface area contributed by atoms with Crippen molar-refractivity contribution in [1.29, 1.82) is 0 Å². The number of amides is 2. The van der Waals surface area contributed by atoms with E-state index < -0.39 is 6.09 Å². The number of nitrogens with one attached hydrogen (secondary N) is 3. The summed E-state index contributed by atoms with van der Waals surface area (Å²) in [5, 5.41) is 8.76. The molecule has 6 heteroatoms. The van der Waals surface area contributed by atoms with Crippen LogP contribution < -0.4 is 16.0 Å². The highest BCUT2D eigenvalue weighted by atomic mass is 16.5. The Bertz CT molecular complexity index is 526. The number of anilines is 2. The Morgan fingerprint density at radius 3 is 2.22 bits per heavy atom. The number of rotatable bonds is 7. The smallest absolute Gasteiger partial charge is 0.411 e. The molecule has 0 aliphatic heterocycles. The average molecular weight is 321 g/mol. The molecule has 1 aromatic carbocycles. The Morgan fingerprint density at radius 1 is 1.13 bits per heavy atom. The molecule has 128 valence electrons. The van der Waals surface area contributed by atoms with Crippen molar-refractivity contribution in [3.8, 4) is 0 Å². The Kier molecular flexibility index (Phi) is 6.88. The van der Waals surface area contributed by atoms with Crippen LogP contribution in [-0.2, 0) is 9.53 Å². The number of hydrogen-bond donors (Lipinski definition) is 3. The summed E-state index contributed by atoms with van der Waals surface area (Å²) >= 11 is 0. The maximum Gasteiger partial charge on any atom is 0.411 e. The van der Waals surface area contributed by atoms with Gasteiger partial charge in [0.15, 0.2) is 0 Å². The van der Waals surface area contributed by atoms with Gasteiger partial charge in [0.25, 0.3) is 0 Å². The van der Waals surface area contributed by atoms with Gasteiger partial charge in [0.2, 0.25) is 5.91 Å². The number of carbonyl (C=O) groups is 2. The van der Waals surface area contributed by atoms with E-state index >= 15 is 0 Å². The van der Waals surface area contributed by atoms with Gasteiger partial charge in [-0.15, -0.1) is 0 Å². The summed E-state index contributed by atoms with van der Waals surface area (Å²) in [5.74, 6) is -0.0504. The van der Waals surface area contributed by atoms with E-state index in [2.05, 4.69) is 16.0 Å². The summed E-state index contributed by atoms with van der Waals surface area (Å²) in [6.45, 7) is 9.91. The molecule has 1 aromatic rings. The predicted octanol–water partition coefficient (Wildman–Crippen LogP) is 3.36. The van der Waals surface area contributed by atoms with Gasteiger partial charge in [0.1, 0.15) is 6.04 Å². The molecule has 0 fully saturated rings. The largest absolute Gasteiger partial charge is 0.450 e. The molecule has 0 spiro atoms. The molecule has 2 amide bonds. The highest BCUT2D eigenvalue weighted by Gasteiger charge is 2.21. The number of benzene rings is 1. The quantitative estimate of drug-likeness (QED) is 0.719. The molecule has 1 rings (SSSR count). The third-order valence-corrected chi connectivity index (χ3v) is 3.53. The Hall–Kier alpha value is -2.24. The summed E-state index contributed by atoms with van der Waals surface area (Å²) in [5.41, 5.74) is 1.22. The van der Waals surface area contributed by atoms with E-state index in [-0.39, 0.29) is 17.5 Å². The Morgan fingerprint density at radius 2 is 1.70 bits per heavy atom.